The molecule has 3 amide bonds. The number of aryl methyl sites for hydroxylation is 1. The fourth-order valence-electron chi connectivity index (χ4n) is 3.98. The van der Waals surface area contributed by atoms with Crippen LogP contribution in [-0.2, 0) is 23.9 Å². The van der Waals surface area contributed by atoms with Gasteiger partial charge in [0.2, 0.25) is 11.8 Å². The van der Waals surface area contributed by atoms with Gasteiger partial charge in [0.25, 0.3) is 0 Å². The van der Waals surface area contributed by atoms with E-state index < -0.39 is 41.6 Å². The second-order valence-corrected chi connectivity index (χ2v) is 10.8. The van der Waals surface area contributed by atoms with Crippen LogP contribution in [0.1, 0.15) is 91.8 Å². The summed E-state index contributed by atoms with van der Waals surface area (Å²) in [5, 5.41) is 15.6. The highest BCUT2D eigenvalue weighted by Crippen LogP contribution is 2.30. The van der Waals surface area contributed by atoms with E-state index in [2.05, 4.69) is 10.6 Å². The minimum Gasteiger partial charge on any atom is -0.508 e. The van der Waals surface area contributed by atoms with Gasteiger partial charge in [-0.1, -0.05) is 33.3 Å². The molecule has 220 valence electrons. The Bertz CT molecular complexity index is 990. The van der Waals surface area contributed by atoms with E-state index in [1.807, 2.05) is 27.7 Å². The topological polar surface area (TPSA) is 134 Å². The number of carbonyl (C=O) groups excluding carboxylic acids is 4. The standard InChI is InChI=1S/C29H47N3O7/c1-10-18(4)24(31-28(37)39-29(7,8)9)27(36)32(20(6)11-2)25(21-13-14-22(33)19(5)17-21)26(35)30-16-15-23(34)38-12-3/h13-14,17-18,20,24-25,33H,10-12,15-16H2,1-9H3,(H,30,35)(H,31,37). The van der Waals surface area contributed by atoms with Crippen LogP contribution in [0.2, 0.25) is 0 Å². The number of aromatic hydroxyl groups is 1. The Morgan fingerprint density at radius 1 is 1.05 bits per heavy atom. The minimum absolute atomic E-state index is 0.0200. The van der Waals surface area contributed by atoms with Crippen LogP contribution >= 0.6 is 0 Å². The fourth-order valence-corrected chi connectivity index (χ4v) is 3.98. The number of carbonyl (C=O) groups is 4. The summed E-state index contributed by atoms with van der Waals surface area (Å²) in [4.78, 5) is 53.9. The zero-order valence-corrected chi connectivity index (χ0v) is 24.9. The number of alkyl carbamates (subject to hydrolysis) is 1. The lowest BCUT2D eigenvalue weighted by Crippen LogP contribution is -2.57. The Labute approximate surface area is 232 Å². The number of phenols is 1. The van der Waals surface area contributed by atoms with Crippen LogP contribution in [0.15, 0.2) is 18.2 Å². The molecule has 3 N–H and O–H groups in total. The average molecular weight is 550 g/mol. The summed E-state index contributed by atoms with van der Waals surface area (Å²) in [5.74, 6) is -1.56. The second-order valence-electron chi connectivity index (χ2n) is 10.8. The van der Waals surface area contributed by atoms with Crippen molar-refractivity contribution in [3.05, 3.63) is 29.3 Å². The molecule has 1 rings (SSSR count). The SMILES string of the molecule is CCOC(=O)CCNC(=O)C(c1ccc(O)c(C)c1)N(C(=O)C(NC(=O)OC(C)(C)C)C(C)CC)C(C)CC. The van der Waals surface area contributed by atoms with Crippen molar-refractivity contribution in [2.75, 3.05) is 13.2 Å². The first kappa shape index (κ1) is 33.7. The van der Waals surface area contributed by atoms with Crippen LogP contribution in [0.3, 0.4) is 0 Å². The first-order valence-electron chi connectivity index (χ1n) is 13.7. The van der Waals surface area contributed by atoms with E-state index in [0.29, 0.717) is 24.0 Å². The summed E-state index contributed by atoms with van der Waals surface area (Å²) in [6.45, 7) is 16.4. The van der Waals surface area contributed by atoms with Gasteiger partial charge in [0.05, 0.1) is 13.0 Å². The number of ether oxygens (including phenoxy) is 2. The summed E-state index contributed by atoms with van der Waals surface area (Å²) in [5.41, 5.74) is 0.278. The lowest BCUT2D eigenvalue weighted by atomic mass is 9.93. The molecular weight excluding hydrogens is 502 g/mol. The molecular formula is C29H47N3O7. The highest BCUT2D eigenvalue weighted by molar-refractivity contribution is 5.92. The third-order valence-electron chi connectivity index (χ3n) is 6.47. The Kier molecular flexibility index (Phi) is 13.3. The molecule has 10 nitrogen and oxygen atoms in total. The fraction of sp³-hybridized carbons (Fsp3) is 0.655. The molecule has 0 saturated heterocycles. The van der Waals surface area contributed by atoms with Crippen LogP contribution in [0.25, 0.3) is 0 Å². The maximum absolute atomic E-state index is 14.2. The molecule has 0 heterocycles. The maximum Gasteiger partial charge on any atom is 0.408 e. The number of esters is 1. The Hall–Kier alpha value is -3.30. The van der Waals surface area contributed by atoms with Crippen molar-refractivity contribution in [2.45, 2.75) is 105 Å². The summed E-state index contributed by atoms with van der Waals surface area (Å²) in [6.07, 6.45) is 0.388. The van der Waals surface area contributed by atoms with E-state index in [1.165, 1.54) is 11.0 Å². The lowest BCUT2D eigenvalue weighted by Gasteiger charge is -2.39. The first-order chi connectivity index (χ1) is 18.2. The largest absolute Gasteiger partial charge is 0.508 e. The number of hydrogen-bond acceptors (Lipinski definition) is 7. The molecule has 4 unspecified atom stereocenters. The van der Waals surface area contributed by atoms with E-state index in [1.54, 1.807) is 46.8 Å². The van der Waals surface area contributed by atoms with Crippen LogP contribution in [0, 0.1) is 12.8 Å². The van der Waals surface area contributed by atoms with Crippen molar-refractivity contribution in [1.82, 2.24) is 15.5 Å². The van der Waals surface area contributed by atoms with Crippen molar-refractivity contribution in [3.8, 4) is 5.75 Å². The van der Waals surface area contributed by atoms with Gasteiger partial charge < -0.3 is 30.1 Å². The number of phenolic OH excluding ortho intramolecular Hbond substituents is 1. The van der Waals surface area contributed by atoms with E-state index in [9.17, 15) is 24.3 Å². The number of nitrogens with one attached hydrogen (secondary N) is 2. The van der Waals surface area contributed by atoms with Gasteiger partial charge in [-0.05, 0) is 77.1 Å². The second kappa shape index (κ2) is 15.3. The molecule has 0 aromatic heterocycles. The molecule has 0 aliphatic rings. The molecule has 0 bridgehead atoms. The van der Waals surface area contributed by atoms with Crippen molar-refractivity contribution < 1.29 is 33.8 Å². The van der Waals surface area contributed by atoms with Crippen LogP contribution < -0.4 is 10.6 Å². The summed E-state index contributed by atoms with van der Waals surface area (Å²) < 4.78 is 10.4. The molecule has 0 aliphatic heterocycles. The molecule has 10 heteroatoms. The number of benzene rings is 1. The van der Waals surface area contributed by atoms with E-state index in [4.69, 9.17) is 9.47 Å². The highest BCUT2D eigenvalue weighted by atomic mass is 16.6. The van der Waals surface area contributed by atoms with E-state index >= 15 is 0 Å². The van der Waals surface area contributed by atoms with Gasteiger partial charge in [0.15, 0.2) is 0 Å². The van der Waals surface area contributed by atoms with Gasteiger partial charge in [-0.15, -0.1) is 0 Å². The van der Waals surface area contributed by atoms with Crippen molar-refractivity contribution in [2.24, 2.45) is 5.92 Å². The first-order valence-corrected chi connectivity index (χ1v) is 13.7. The molecule has 0 saturated carbocycles. The predicted octanol–water partition coefficient (Wildman–Crippen LogP) is 4.38. The predicted molar refractivity (Wildman–Crippen MR) is 149 cm³/mol. The minimum atomic E-state index is -1.08. The average Bonchev–Trinajstić information content (AvgIpc) is 2.85. The third kappa shape index (κ3) is 10.4. The van der Waals surface area contributed by atoms with E-state index in [0.717, 1.165) is 0 Å². The molecule has 0 aliphatic carbocycles. The van der Waals surface area contributed by atoms with Crippen molar-refractivity contribution in [1.29, 1.82) is 0 Å². The molecule has 4 atom stereocenters. The van der Waals surface area contributed by atoms with Gasteiger partial charge >= 0.3 is 12.1 Å². The Morgan fingerprint density at radius 3 is 2.21 bits per heavy atom. The normalized spacial score (nSPS) is 14.4. The Balaban J connectivity index is 3.53. The highest BCUT2D eigenvalue weighted by Gasteiger charge is 2.40. The zero-order valence-electron chi connectivity index (χ0n) is 24.9. The van der Waals surface area contributed by atoms with E-state index in [-0.39, 0.29) is 37.3 Å². The lowest BCUT2D eigenvalue weighted by molar-refractivity contribution is -0.146. The smallest absolute Gasteiger partial charge is 0.408 e. The zero-order chi connectivity index (χ0) is 29.9. The Morgan fingerprint density at radius 2 is 1.69 bits per heavy atom. The molecule has 1 aromatic carbocycles. The summed E-state index contributed by atoms with van der Waals surface area (Å²) >= 11 is 0. The maximum atomic E-state index is 14.2. The summed E-state index contributed by atoms with van der Waals surface area (Å²) in [6, 6.07) is 2.31. The van der Waals surface area contributed by atoms with Gasteiger partial charge in [-0.25, -0.2) is 4.79 Å². The van der Waals surface area contributed by atoms with Crippen LogP contribution in [-0.4, -0.2) is 64.7 Å². The summed E-state index contributed by atoms with van der Waals surface area (Å²) in [7, 11) is 0. The monoisotopic (exact) mass is 549 g/mol. The van der Waals surface area contributed by atoms with Gasteiger partial charge in [-0.3, -0.25) is 14.4 Å². The quantitative estimate of drug-likeness (QED) is 0.311. The van der Waals surface area contributed by atoms with Gasteiger partial charge in [-0.2, -0.15) is 0 Å². The molecule has 1 aromatic rings. The van der Waals surface area contributed by atoms with Crippen molar-refractivity contribution in [3.63, 3.8) is 0 Å². The van der Waals surface area contributed by atoms with Crippen molar-refractivity contribution >= 4 is 23.9 Å². The van der Waals surface area contributed by atoms with Gasteiger partial charge in [0, 0.05) is 12.6 Å². The number of rotatable bonds is 13. The number of nitrogens with zero attached hydrogens (tertiary/aromatic N) is 1. The number of hydrogen-bond donors (Lipinski definition) is 3. The number of amides is 3. The molecule has 0 radical (unpaired) electrons. The van der Waals surface area contributed by atoms with Gasteiger partial charge in [0.1, 0.15) is 23.4 Å². The molecule has 0 fully saturated rings. The molecule has 39 heavy (non-hydrogen) atoms. The van der Waals surface area contributed by atoms with Crippen LogP contribution in [0.5, 0.6) is 5.75 Å². The third-order valence-corrected chi connectivity index (χ3v) is 6.47. The van der Waals surface area contributed by atoms with Crippen LogP contribution in [0.4, 0.5) is 4.79 Å². The molecule has 0 spiro atoms.